The van der Waals surface area contributed by atoms with Gasteiger partial charge in [-0.2, -0.15) is 4.31 Å². The zero-order chi connectivity index (χ0) is 22.5. The molecule has 0 saturated heterocycles. The monoisotopic (exact) mass is 478 g/mol. The maximum atomic E-state index is 13.4. The highest BCUT2D eigenvalue weighted by atomic mass is 32.2. The quantitative estimate of drug-likeness (QED) is 0.473. The van der Waals surface area contributed by atoms with Crippen molar-refractivity contribution in [2.24, 2.45) is 0 Å². The minimum atomic E-state index is -3.84. The summed E-state index contributed by atoms with van der Waals surface area (Å²) in [6, 6.07) is 18.3. The number of nitrogens with zero attached hydrogens (tertiary/aromatic N) is 1. The zero-order valence-electron chi connectivity index (χ0n) is 17.4. The molecule has 166 valence electrons. The van der Waals surface area contributed by atoms with Crippen molar-refractivity contribution in [3.8, 4) is 0 Å². The molecule has 1 N–H and O–H groups in total. The molecule has 0 bridgehead atoms. The smallest absolute Gasteiger partial charge is 0.208 e. The van der Waals surface area contributed by atoms with Gasteiger partial charge in [-0.3, -0.25) is 0 Å². The molecule has 1 heterocycles. The molecule has 1 aromatic heterocycles. The lowest BCUT2D eigenvalue weighted by atomic mass is 10.2. The van der Waals surface area contributed by atoms with Crippen molar-refractivity contribution in [3.63, 3.8) is 0 Å². The third-order valence-corrected chi connectivity index (χ3v) is 9.13. The van der Waals surface area contributed by atoms with Gasteiger partial charge in [0.25, 0.3) is 0 Å². The van der Waals surface area contributed by atoms with E-state index < -0.39 is 20.0 Å². The van der Waals surface area contributed by atoms with E-state index in [1.165, 1.54) is 39.9 Å². The van der Waals surface area contributed by atoms with Crippen molar-refractivity contribution < 1.29 is 16.8 Å². The standard InChI is InChI=1S/C22H26N2O4S3/c1-3-18(2)23-30(25,26)21-11-13-22(14-12-21)31(27,28)24(17-20-10-7-15-29-20)16-19-8-5-4-6-9-19/h4-15,18,23H,3,16-17H2,1-2H3. The fraction of sp³-hybridized carbons (Fsp3) is 0.273. The Balaban J connectivity index is 1.90. The Labute approximate surface area is 188 Å². The van der Waals surface area contributed by atoms with Gasteiger partial charge in [0.05, 0.1) is 9.79 Å². The van der Waals surface area contributed by atoms with Crippen LogP contribution in [-0.2, 0) is 33.1 Å². The van der Waals surface area contributed by atoms with E-state index in [1.807, 2.05) is 54.8 Å². The topological polar surface area (TPSA) is 83.5 Å². The van der Waals surface area contributed by atoms with Crippen molar-refractivity contribution in [2.75, 3.05) is 0 Å². The highest BCUT2D eigenvalue weighted by Gasteiger charge is 2.26. The third kappa shape index (κ3) is 6.02. The summed E-state index contributed by atoms with van der Waals surface area (Å²) in [5, 5.41) is 1.91. The summed E-state index contributed by atoms with van der Waals surface area (Å²) in [6.45, 7) is 4.13. The number of hydrogen-bond donors (Lipinski definition) is 1. The number of thiophene rings is 1. The fourth-order valence-corrected chi connectivity index (χ4v) is 6.48. The predicted molar refractivity (Wildman–Crippen MR) is 124 cm³/mol. The van der Waals surface area contributed by atoms with Gasteiger partial charge in [-0.05, 0) is 54.6 Å². The molecule has 2 aromatic carbocycles. The van der Waals surface area contributed by atoms with Crippen LogP contribution in [0.1, 0.15) is 30.7 Å². The minimum Gasteiger partial charge on any atom is -0.208 e. The van der Waals surface area contributed by atoms with Crippen molar-refractivity contribution in [1.82, 2.24) is 9.03 Å². The van der Waals surface area contributed by atoms with Crippen LogP contribution in [-0.4, -0.2) is 27.2 Å². The minimum absolute atomic E-state index is 0.0413. The molecule has 0 aliphatic heterocycles. The van der Waals surface area contributed by atoms with Gasteiger partial charge in [0.1, 0.15) is 0 Å². The average molecular weight is 479 g/mol. The summed E-state index contributed by atoms with van der Waals surface area (Å²) >= 11 is 1.49. The zero-order valence-corrected chi connectivity index (χ0v) is 19.9. The first-order valence-electron chi connectivity index (χ1n) is 9.91. The Morgan fingerprint density at radius 3 is 2.10 bits per heavy atom. The normalized spacial score (nSPS) is 13.4. The summed E-state index contributed by atoms with van der Waals surface area (Å²) in [5.41, 5.74) is 0.875. The van der Waals surface area contributed by atoms with E-state index in [0.29, 0.717) is 6.42 Å². The summed E-state index contributed by atoms with van der Waals surface area (Å²) in [6.07, 6.45) is 0.656. The van der Waals surface area contributed by atoms with Gasteiger partial charge < -0.3 is 0 Å². The second kappa shape index (κ2) is 10.1. The van der Waals surface area contributed by atoms with Crippen molar-refractivity contribution in [2.45, 2.75) is 49.2 Å². The molecular formula is C22H26N2O4S3. The molecule has 0 aliphatic rings. The first-order valence-corrected chi connectivity index (χ1v) is 13.7. The van der Waals surface area contributed by atoms with Gasteiger partial charge in [0, 0.05) is 24.0 Å². The van der Waals surface area contributed by atoms with Crippen molar-refractivity contribution in [3.05, 3.63) is 82.6 Å². The highest BCUT2D eigenvalue weighted by molar-refractivity contribution is 7.89. The van der Waals surface area contributed by atoms with E-state index in [4.69, 9.17) is 0 Å². The number of rotatable bonds is 10. The Kier molecular flexibility index (Phi) is 7.66. The summed E-state index contributed by atoms with van der Waals surface area (Å²) in [4.78, 5) is 1.03. The Bertz CT molecular complexity index is 1180. The fourth-order valence-electron chi connectivity index (χ4n) is 2.95. The van der Waals surface area contributed by atoms with Crippen molar-refractivity contribution in [1.29, 1.82) is 0 Å². The largest absolute Gasteiger partial charge is 0.243 e. The van der Waals surface area contributed by atoms with Crippen LogP contribution in [0.2, 0.25) is 0 Å². The van der Waals surface area contributed by atoms with E-state index >= 15 is 0 Å². The van der Waals surface area contributed by atoms with Crippen LogP contribution in [0.15, 0.2) is 81.9 Å². The molecule has 1 unspecified atom stereocenters. The predicted octanol–water partition coefficient (Wildman–Crippen LogP) is 4.22. The molecule has 0 saturated carbocycles. The molecule has 0 fully saturated rings. The van der Waals surface area contributed by atoms with Gasteiger partial charge in [-0.1, -0.05) is 43.3 Å². The van der Waals surface area contributed by atoms with Gasteiger partial charge >= 0.3 is 0 Å². The van der Waals surface area contributed by atoms with E-state index in [9.17, 15) is 16.8 Å². The van der Waals surface area contributed by atoms with Crippen LogP contribution in [0.3, 0.4) is 0 Å². The van der Waals surface area contributed by atoms with Gasteiger partial charge in [0.2, 0.25) is 20.0 Å². The average Bonchev–Trinajstić information content (AvgIpc) is 3.27. The van der Waals surface area contributed by atoms with Crippen LogP contribution >= 0.6 is 11.3 Å². The Morgan fingerprint density at radius 2 is 1.52 bits per heavy atom. The number of benzene rings is 2. The van der Waals surface area contributed by atoms with E-state index in [2.05, 4.69) is 4.72 Å². The molecule has 0 radical (unpaired) electrons. The second-order valence-electron chi connectivity index (χ2n) is 7.24. The lowest BCUT2D eigenvalue weighted by Crippen LogP contribution is -2.32. The molecule has 0 amide bonds. The van der Waals surface area contributed by atoms with Crippen LogP contribution in [0.5, 0.6) is 0 Å². The van der Waals surface area contributed by atoms with Crippen LogP contribution in [0.25, 0.3) is 0 Å². The van der Waals surface area contributed by atoms with Gasteiger partial charge in [0.15, 0.2) is 0 Å². The molecule has 6 nitrogen and oxygen atoms in total. The van der Waals surface area contributed by atoms with Crippen LogP contribution in [0.4, 0.5) is 0 Å². The lowest BCUT2D eigenvalue weighted by molar-refractivity contribution is 0.404. The first-order chi connectivity index (χ1) is 14.7. The number of hydrogen-bond acceptors (Lipinski definition) is 5. The lowest BCUT2D eigenvalue weighted by Gasteiger charge is -2.22. The van der Waals surface area contributed by atoms with E-state index in [0.717, 1.165) is 10.4 Å². The Hall–Kier alpha value is -2.04. The molecule has 1 atom stereocenters. The molecule has 0 aliphatic carbocycles. The first kappa shape index (κ1) is 23.6. The van der Waals surface area contributed by atoms with Crippen LogP contribution < -0.4 is 4.72 Å². The van der Waals surface area contributed by atoms with E-state index in [1.54, 1.807) is 6.92 Å². The van der Waals surface area contributed by atoms with Crippen LogP contribution in [0, 0.1) is 0 Å². The van der Waals surface area contributed by atoms with Gasteiger partial charge in [-0.15, -0.1) is 11.3 Å². The maximum absolute atomic E-state index is 13.4. The number of nitrogens with one attached hydrogen (secondary N) is 1. The molecule has 3 rings (SSSR count). The van der Waals surface area contributed by atoms with E-state index in [-0.39, 0.29) is 28.9 Å². The SMILES string of the molecule is CCC(C)NS(=O)(=O)c1ccc(S(=O)(=O)N(Cc2ccccc2)Cc2cccs2)cc1. The van der Waals surface area contributed by atoms with Gasteiger partial charge in [-0.25, -0.2) is 21.6 Å². The molecule has 31 heavy (non-hydrogen) atoms. The Morgan fingerprint density at radius 1 is 0.871 bits per heavy atom. The molecule has 9 heteroatoms. The molecule has 3 aromatic rings. The maximum Gasteiger partial charge on any atom is 0.243 e. The molecule has 0 spiro atoms. The number of sulfonamides is 2. The summed E-state index contributed by atoms with van der Waals surface area (Å²) in [5.74, 6) is 0. The molecular weight excluding hydrogens is 452 g/mol. The summed E-state index contributed by atoms with van der Waals surface area (Å²) < 4.78 is 55.8. The summed E-state index contributed by atoms with van der Waals surface area (Å²) in [7, 11) is -7.54. The third-order valence-electron chi connectivity index (χ3n) is 4.85. The second-order valence-corrected chi connectivity index (χ2v) is 11.9. The van der Waals surface area contributed by atoms with Crippen molar-refractivity contribution >= 4 is 31.4 Å². The highest BCUT2D eigenvalue weighted by Crippen LogP contribution is 2.24.